The Kier molecular flexibility index (Phi) is 7.76. The van der Waals surface area contributed by atoms with Crippen molar-refractivity contribution in [1.29, 1.82) is 0 Å². The van der Waals surface area contributed by atoms with Gasteiger partial charge in [0.25, 0.3) is 11.7 Å². The van der Waals surface area contributed by atoms with Crippen molar-refractivity contribution in [3.63, 3.8) is 0 Å². The highest BCUT2D eigenvalue weighted by atomic mass is 16.5. The van der Waals surface area contributed by atoms with Crippen LogP contribution >= 0.6 is 0 Å². The average Bonchev–Trinajstić information content (AvgIpc) is 3.04. The van der Waals surface area contributed by atoms with Gasteiger partial charge in [-0.05, 0) is 70.7 Å². The summed E-state index contributed by atoms with van der Waals surface area (Å²) in [5.41, 5.74) is 2.02. The minimum absolute atomic E-state index is 0.0709. The van der Waals surface area contributed by atoms with Crippen LogP contribution in [0.3, 0.4) is 0 Å². The number of para-hydroxylation sites is 1. The van der Waals surface area contributed by atoms with Gasteiger partial charge in [0.1, 0.15) is 17.3 Å². The van der Waals surface area contributed by atoms with E-state index in [-0.39, 0.29) is 11.3 Å². The van der Waals surface area contributed by atoms with Crippen molar-refractivity contribution in [2.75, 3.05) is 40.9 Å². The number of nitrogens with zero attached hydrogens (tertiary/aromatic N) is 2. The molecular weight excluding hydrogens is 420 g/mol. The van der Waals surface area contributed by atoms with Gasteiger partial charge in [-0.1, -0.05) is 18.2 Å². The third kappa shape index (κ3) is 5.03. The summed E-state index contributed by atoms with van der Waals surface area (Å²) in [5.74, 6) is -0.250. The van der Waals surface area contributed by atoms with Gasteiger partial charge in [0.15, 0.2) is 0 Å². The summed E-state index contributed by atoms with van der Waals surface area (Å²) in [6.45, 7) is 5.32. The third-order valence-electron chi connectivity index (χ3n) is 5.73. The molecule has 0 spiro atoms. The lowest BCUT2D eigenvalue weighted by atomic mass is 9.94. The number of aliphatic hydroxyl groups excluding tert-OH is 1. The monoisotopic (exact) mass is 452 g/mol. The largest absolute Gasteiger partial charge is 0.507 e. The minimum atomic E-state index is -0.739. The van der Waals surface area contributed by atoms with Gasteiger partial charge in [0.2, 0.25) is 0 Å². The third-order valence-corrected chi connectivity index (χ3v) is 5.73. The Morgan fingerprint density at radius 1 is 1.12 bits per heavy atom. The predicted octanol–water partition coefficient (Wildman–Crippen LogP) is 3.78. The smallest absolute Gasteiger partial charge is 0.295 e. The van der Waals surface area contributed by atoms with Crippen LogP contribution in [0.5, 0.6) is 11.5 Å². The van der Waals surface area contributed by atoms with Gasteiger partial charge >= 0.3 is 0 Å². The van der Waals surface area contributed by atoms with E-state index in [1.165, 1.54) is 0 Å². The first-order chi connectivity index (χ1) is 15.8. The van der Waals surface area contributed by atoms with Crippen molar-refractivity contribution in [1.82, 2.24) is 9.80 Å². The molecule has 1 heterocycles. The number of rotatable bonds is 9. The van der Waals surface area contributed by atoms with E-state index in [9.17, 15) is 14.7 Å². The first-order valence-electron chi connectivity index (χ1n) is 11.1. The highest BCUT2D eigenvalue weighted by Crippen LogP contribution is 2.43. The fourth-order valence-corrected chi connectivity index (χ4v) is 4.17. The fraction of sp³-hybridized carbons (Fsp3) is 0.385. The number of hydrogen-bond donors (Lipinski definition) is 1. The lowest BCUT2D eigenvalue weighted by molar-refractivity contribution is -0.140. The van der Waals surface area contributed by atoms with E-state index < -0.39 is 17.7 Å². The molecule has 1 atom stereocenters. The molecule has 1 aliphatic heterocycles. The van der Waals surface area contributed by atoms with E-state index in [1.54, 1.807) is 30.2 Å². The number of ketones is 1. The molecular formula is C26H32N2O5. The SMILES string of the molecule is CCOc1ccccc1[C@@H]1/C(=C(\O)c2ccc(OC)c(C)c2)C(=O)C(=O)N1CCCN(C)C. The van der Waals surface area contributed by atoms with Gasteiger partial charge in [0, 0.05) is 17.7 Å². The number of Topliss-reactive ketones (excluding diaryl/α,β-unsaturated/α-hetero) is 1. The Labute approximate surface area is 195 Å². The van der Waals surface area contributed by atoms with Gasteiger partial charge in [-0.25, -0.2) is 0 Å². The van der Waals surface area contributed by atoms with Gasteiger partial charge in [-0.3, -0.25) is 9.59 Å². The van der Waals surface area contributed by atoms with E-state index in [0.717, 1.165) is 12.1 Å². The first kappa shape index (κ1) is 24.3. The quantitative estimate of drug-likeness (QED) is 0.354. The molecule has 0 saturated carbocycles. The van der Waals surface area contributed by atoms with E-state index in [0.29, 0.717) is 42.2 Å². The number of amides is 1. The molecule has 33 heavy (non-hydrogen) atoms. The summed E-state index contributed by atoms with van der Waals surface area (Å²) in [5, 5.41) is 11.3. The number of ether oxygens (including phenoxy) is 2. The number of carbonyl (C=O) groups excluding carboxylic acids is 2. The van der Waals surface area contributed by atoms with Crippen LogP contribution in [-0.2, 0) is 9.59 Å². The maximum Gasteiger partial charge on any atom is 0.295 e. The van der Waals surface area contributed by atoms with Crippen LogP contribution in [0.25, 0.3) is 5.76 Å². The molecule has 0 aromatic heterocycles. The van der Waals surface area contributed by atoms with E-state index in [2.05, 4.69) is 0 Å². The molecule has 3 rings (SSSR count). The van der Waals surface area contributed by atoms with E-state index in [4.69, 9.17) is 9.47 Å². The minimum Gasteiger partial charge on any atom is -0.507 e. The molecule has 1 aliphatic rings. The van der Waals surface area contributed by atoms with Crippen LogP contribution in [0.1, 0.15) is 36.1 Å². The second-order valence-corrected chi connectivity index (χ2v) is 8.30. The topological polar surface area (TPSA) is 79.3 Å². The molecule has 2 aromatic rings. The number of carbonyl (C=O) groups is 2. The molecule has 0 radical (unpaired) electrons. The maximum absolute atomic E-state index is 13.2. The molecule has 2 aromatic carbocycles. The molecule has 7 nitrogen and oxygen atoms in total. The van der Waals surface area contributed by atoms with Crippen molar-refractivity contribution < 1.29 is 24.2 Å². The first-order valence-corrected chi connectivity index (χ1v) is 11.1. The second-order valence-electron chi connectivity index (χ2n) is 8.30. The van der Waals surface area contributed by atoms with Crippen LogP contribution in [0, 0.1) is 6.92 Å². The summed E-state index contributed by atoms with van der Waals surface area (Å²) in [6, 6.07) is 11.8. The molecule has 1 N–H and O–H groups in total. The molecule has 176 valence electrons. The summed E-state index contributed by atoms with van der Waals surface area (Å²) in [6.07, 6.45) is 0.689. The molecule has 0 bridgehead atoms. The highest BCUT2D eigenvalue weighted by molar-refractivity contribution is 6.46. The molecule has 1 fully saturated rings. The summed E-state index contributed by atoms with van der Waals surface area (Å²) in [7, 11) is 5.50. The lowest BCUT2D eigenvalue weighted by Gasteiger charge is -2.27. The Morgan fingerprint density at radius 2 is 1.85 bits per heavy atom. The van der Waals surface area contributed by atoms with Crippen molar-refractivity contribution in [2.45, 2.75) is 26.3 Å². The van der Waals surface area contributed by atoms with Crippen LogP contribution < -0.4 is 9.47 Å². The van der Waals surface area contributed by atoms with Gasteiger partial charge in [-0.2, -0.15) is 0 Å². The second kappa shape index (κ2) is 10.5. The van der Waals surface area contributed by atoms with Crippen LogP contribution in [0.15, 0.2) is 48.0 Å². The zero-order valence-corrected chi connectivity index (χ0v) is 19.9. The standard InChI is InChI=1S/C26H32N2O5/c1-6-33-21-11-8-7-10-19(21)23-22(24(29)18-12-13-20(32-5)17(2)16-18)25(30)26(31)28(23)15-9-14-27(3)4/h7-8,10-13,16,23,29H,6,9,14-15H2,1-5H3/b24-22+/t23-/m1/s1. The Morgan fingerprint density at radius 3 is 2.48 bits per heavy atom. The van der Waals surface area contributed by atoms with Crippen molar-refractivity contribution in [2.24, 2.45) is 0 Å². The summed E-state index contributed by atoms with van der Waals surface area (Å²) >= 11 is 0. The van der Waals surface area contributed by atoms with Crippen LogP contribution in [0.2, 0.25) is 0 Å². The predicted molar refractivity (Wildman–Crippen MR) is 128 cm³/mol. The van der Waals surface area contributed by atoms with E-state index >= 15 is 0 Å². The van der Waals surface area contributed by atoms with Crippen molar-refractivity contribution >= 4 is 17.4 Å². The number of hydrogen-bond acceptors (Lipinski definition) is 6. The van der Waals surface area contributed by atoms with Gasteiger partial charge < -0.3 is 24.4 Å². The lowest BCUT2D eigenvalue weighted by Crippen LogP contribution is -2.32. The zero-order chi connectivity index (χ0) is 24.1. The average molecular weight is 453 g/mol. The molecule has 1 amide bonds. The Balaban J connectivity index is 2.16. The number of methoxy groups -OCH3 is 1. The highest BCUT2D eigenvalue weighted by Gasteiger charge is 2.46. The zero-order valence-electron chi connectivity index (χ0n) is 19.9. The molecule has 0 aliphatic carbocycles. The van der Waals surface area contributed by atoms with E-state index in [1.807, 2.05) is 57.1 Å². The number of likely N-dealkylation sites (tertiary alicyclic amines) is 1. The maximum atomic E-state index is 13.2. The van der Waals surface area contributed by atoms with Crippen LogP contribution in [0.4, 0.5) is 0 Å². The molecule has 7 heteroatoms. The summed E-state index contributed by atoms with van der Waals surface area (Å²) in [4.78, 5) is 29.9. The van der Waals surface area contributed by atoms with Crippen molar-refractivity contribution in [3.05, 3.63) is 64.7 Å². The van der Waals surface area contributed by atoms with Crippen molar-refractivity contribution in [3.8, 4) is 11.5 Å². The summed E-state index contributed by atoms with van der Waals surface area (Å²) < 4.78 is 11.1. The van der Waals surface area contributed by atoms with Gasteiger partial charge in [0.05, 0.1) is 25.3 Å². The normalized spacial score (nSPS) is 17.6. The van der Waals surface area contributed by atoms with Crippen LogP contribution in [-0.4, -0.2) is 67.5 Å². The fourth-order valence-electron chi connectivity index (χ4n) is 4.17. The number of benzene rings is 2. The number of aryl methyl sites for hydroxylation is 1. The molecule has 1 saturated heterocycles. The van der Waals surface area contributed by atoms with Gasteiger partial charge in [-0.15, -0.1) is 0 Å². The molecule has 0 unspecified atom stereocenters. The Bertz CT molecular complexity index is 1060. The Hall–Kier alpha value is -3.32. The number of aliphatic hydroxyl groups is 1.